The van der Waals surface area contributed by atoms with E-state index in [1.54, 1.807) is 4.90 Å². The van der Waals surface area contributed by atoms with Crippen LogP contribution in [0.25, 0.3) is 0 Å². The van der Waals surface area contributed by atoms with Crippen LogP contribution in [0.4, 0.5) is 0 Å². The molecule has 0 N–H and O–H groups in total. The van der Waals surface area contributed by atoms with Crippen LogP contribution in [0.5, 0.6) is 0 Å². The number of sulfonamides is 1. The molecule has 0 atom stereocenters. The highest BCUT2D eigenvalue weighted by atomic mass is 79.9. The van der Waals surface area contributed by atoms with Gasteiger partial charge in [0.1, 0.15) is 0 Å². The van der Waals surface area contributed by atoms with Crippen LogP contribution in [0.3, 0.4) is 0 Å². The molecule has 2 aromatic carbocycles. The van der Waals surface area contributed by atoms with Gasteiger partial charge < -0.3 is 4.90 Å². The molecule has 1 aliphatic heterocycles. The first-order valence-corrected chi connectivity index (χ1v) is 11.9. The number of ketones is 1. The molecule has 0 aliphatic carbocycles. The highest BCUT2D eigenvalue weighted by molar-refractivity contribution is 9.10. The monoisotopic (exact) mass is 492 g/mol. The number of amides is 1. The fourth-order valence-electron chi connectivity index (χ4n) is 3.54. The Morgan fingerprint density at radius 3 is 2.10 bits per heavy atom. The van der Waals surface area contributed by atoms with Crippen LogP contribution in [-0.2, 0) is 20.2 Å². The average Bonchev–Trinajstić information content (AvgIpc) is 2.73. The summed E-state index contributed by atoms with van der Waals surface area (Å²) in [5.74, 6) is -0.136. The molecule has 0 aromatic heterocycles. The molecule has 1 heterocycles. The quantitative estimate of drug-likeness (QED) is 0.598. The second kappa shape index (κ2) is 8.61. The van der Waals surface area contributed by atoms with Crippen molar-refractivity contribution in [3.05, 3.63) is 64.1 Å². The van der Waals surface area contributed by atoms with Crippen LogP contribution < -0.4 is 0 Å². The first kappa shape index (κ1) is 22.7. The third-order valence-electron chi connectivity index (χ3n) is 5.51. The molecule has 0 spiro atoms. The molecule has 6 nitrogen and oxygen atoms in total. The summed E-state index contributed by atoms with van der Waals surface area (Å²) >= 11 is 3.45. The Bertz CT molecular complexity index is 1060. The second-order valence-corrected chi connectivity index (χ2v) is 10.8. The molecule has 2 aromatic rings. The second-order valence-electron chi connectivity index (χ2n) is 7.91. The number of hydrogen-bond acceptors (Lipinski definition) is 4. The van der Waals surface area contributed by atoms with Crippen LogP contribution in [0.15, 0.2) is 57.9 Å². The normalized spacial score (nSPS) is 15.8. The molecule has 30 heavy (non-hydrogen) atoms. The number of benzene rings is 2. The van der Waals surface area contributed by atoms with Crippen LogP contribution in [0.2, 0.25) is 0 Å². The van der Waals surface area contributed by atoms with E-state index in [1.165, 1.54) is 35.5 Å². The van der Waals surface area contributed by atoms with Gasteiger partial charge in [0.15, 0.2) is 5.78 Å². The molecule has 3 rings (SSSR count). The Morgan fingerprint density at radius 1 is 0.967 bits per heavy atom. The molecule has 1 saturated heterocycles. The number of carbonyl (C=O) groups is 2. The van der Waals surface area contributed by atoms with Gasteiger partial charge >= 0.3 is 0 Å². The smallest absolute Gasteiger partial charge is 0.243 e. The van der Waals surface area contributed by atoms with E-state index in [2.05, 4.69) is 15.9 Å². The van der Waals surface area contributed by atoms with Gasteiger partial charge in [-0.1, -0.05) is 40.2 Å². The van der Waals surface area contributed by atoms with E-state index in [9.17, 15) is 18.0 Å². The van der Waals surface area contributed by atoms with Crippen molar-refractivity contribution in [2.75, 3.05) is 26.2 Å². The van der Waals surface area contributed by atoms with Crippen LogP contribution in [0.1, 0.15) is 36.7 Å². The lowest BCUT2D eigenvalue weighted by Crippen LogP contribution is -2.54. The third kappa shape index (κ3) is 4.50. The van der Waals surface area contributed by atoms with Crippen LogP contribution in [-0.4, -0.2) is 55.5 Å². The van der Waals surface area contributed by atoms with Crippen molar-refractivity contribution < 1.29 is 18.0 Å². The molecule has 0 bridgehead atoms. The first-order valence-electron chi connectivity index (χ1n) is 9.70. The van der Waals surface area contributed by atoms with Gasteiger partial charge in [-0.05, 0) is 50.6 Å². The topological polar surface area (TPSA) is 74.8 Å². The predicted molar refractivity (Wildman–Crippen MR) is 119 cm³/mol. The number of Topliss-reactive ketones (excluding diaryl/α,β-unsaturated/α-hetero) is 1. The summed E-state index contributed by atoms with van der Waals surface area (Å²) < 4.78 is 28.2. The fourth-order valence-corrected chi connectivity index (χ4v) is 5.36. The number of hydrogen-bond donors (Lipinski definition) is 0. The van der Waals surface area contributed by atoms with Gasteiger partial charge in [-0.3, -0.25) is 9.59 Å². The Hall–Kier alpha value is -2.03. The minimum atomic E-state index is -3.67. The van der Waals surface area contributed by atoms with Gasteiger partial charge in [0.05, 0.1) is 10.3 Å². The summed E-state index contributed by atoms with van der Waals surface area (Å²) in [4.78, 5) is 26.5. The minimum absolute atomic E-state index is 0.0246. The van der Waals surface area contributed by atoms with Gasteiger partial charge in [-0.15, -0.1) is 0 Å². The van der Waals surface area contributed by atoms with E-state index in [4.69, 9.17) is 0 Å². The van der Waals surface area contributed by atoms with E-state index >= 15 is 0 Å². The summed E-state index contributed by atoms with van der Waals surface area (Å²) in [6, 6.07) is 13.6. The lowest BCUT2D eigenvalue weighted by atomic mass is 9.83. The van der Waals surface area contributed by atoms with Crippen LogP contribution >= 0.6 is 15.9 Å². The largest absolute Gasteiger partial charge is 0.339 e. The fraction of sp³-hybridized carbons (Fsp3) is 0.364. The van der Waals surface area contributed by atoms with Gasteiger partial charge in [-0.25, -0.2) is 8.42 Å². The van der Waals surface area contributed by atoms with Crippen molar-refractivity contribution in [2.45, 2.75) is 31.1 Å². The van der Waals surface area contributed by atoms with Gasteiger partial charge in [0.25, 0.3) is 0 Å². The summed E-state index contributed by atoms with van der Waals surface area (Å²) in [7, 11) is -3.67. The van der Waals surface area contributed by atoms with E-state index < -0.39 is 15.4 Å². The number of piperazine rings is 1. The molecule has 1 aliphatic rings. The van der Waals surface area contributed by atoms with E-state index in [-0.39, 0.29) is 29.7 Å². The zero-order chi connectivity index (χ0) is 22.1. The molecule has 0 radical (unpaired) electrons. The molecule has 1 fully saturated rings. The van der Waals surface area contributed by atoms with Gasteiger partial charge in [0.2, 0.25) is 15.9 Å². The lowest BCUT2D eigenvalue weighted by Gasteiger charge is -2.38. The number of nitrogens with zero attached hydrogens (tertiary/aromatic N) is 2. The SMILES string of the molecule is CC(=O)c1ccc(S(=O)(=O)N2CCN(C(=O)C(C)(C)c3cccc(Br)c3)CC2)cc1. The van der Waals surface area contributed by atoms with E-state index in [0.717, 1.165) is 10.0 Å². The lowest BCUT2D eigenvalue weighted by molar-refractivity contribution is -0.137. The maximum atomic E-state index is 13.2. The molecular weight excluding hydrogens is 468 g/mol. The molecule has 0 saturated carbocycles. The van der Waals surface area contributed by atoms with Gasteiger partial charge in [-0.2, -0.15) is 4.31 Å². The molecule has 160 valence electrons. The molecule has 0 unspecified atom stereocenters. The first-order chi connectivity index (χ1) is 14.0. The van der Waals surface area contributed by atoms with Gasteiger partial charge in [0, 0.05) is 36.2 Å². The number of carbonyl (C=O) groups excluding carboxylic acids is 2. The van der Waals surface area contributed by atoms with Crippen molar-refractivity contribution in [1.82, 2.24) is 9.21 Å². The van der Waals surface area contributed by atoms with Crippen molar-refractivity contribution in [3.8, 4) is 0 Å². The summed E-state index contributed by atoms with van der Waals surface area (Å²) in [6.45, 7) is 6.35. The maximum Gasteiger partial charge on any atom is 0.243 e. The zero-order valence-electron chi connectivity index (χ0n) is 17.3. The third-order valence-corrected chi connectivity index (χ3v) is 7.91. The van der Waals surface area contributed by atoms with E-state index in [0.29, 0.717) is 18.7 Å². The van der Waals surface area contributed by atoms with Crippen molar-refractivity contribution in [1.29, 1.82) is 0 Å². The van der Waals surface area contributed by atoms with Crippen molar-refractivity contribution >= 4 is 37.6 Å². The highest BCUT2D eigenvalue weighted by Crippen LogP contribution is 2.29. The predicted octanol–water partition coefficient (Wildman–Crippen LogP) is 3.46. The summed E-state index contributed by atoms with van der Waals surface area (Å²) in [5.41, 5.74) is 0.662. The Labute approximate surface area is 186 Å². The van der Waals surface area contributed by atoms with Crippen molar-refractivity contribution in [2.24, 2.45) is 0 Å². The summed E-state index contributed by atoms with van der Waals surface area (Å²) in [5, 5.41) is 0. The number of halogens is 1. The summed E-state index contributed by atoms with van der Waals surface area (Å²) in [6.07, 6.45) is 0. The standard InChI is InChI=1S/C22H25BrN2O4S/c1-16(26)17-7-9-20(10-8-17)30(28,29)25-13-11-24(12-14-25)21(27)22(2,3)18-5-4-6-19(23)15-18/h4-10,15H,11-14H2,1-3H3. The average molecular weight is 493 g/mol. The molecule has 1 amide bonds. The zero-order valence-corrected chi connectivity index (χ0v) is 19.7. The Morgan fingerprint density at radius 2 is 1.57 bits per heavy atom. The minimum Gasteiger partial charge on any atom is -0.339 e. The van der Waals surface area contributed by atoms with Crippen molar-refractivity contribution in [3.63, 3.8) is 0 Å². The van der Waals surface area contributed by atoms with E-state index in [1.807, 2.05) is 38.1 Å². The molecule has 8 heteroatoms. The highest BCUT2D eigenvalue weighted by Gasteiger charge is 2.37. The maximum absolute atomic E-state index is 13.2. The number of rotatable bonds is 5. The Balaban J connectivity index is 1.70. The van der Waals surface area contributed by atoms with Crippen LogP contribution in [0, 0.1) is 0 Å². The molecular formula is C22H25BrN2O4S. The Kier molecular flexibility index (Phi) is 6.50.